The van der Waals surface area contributed by atoms with Gasteiger partial charge in [-0.25, -0.2) is 0 Å². The van der Waals surface area contributed by atoms with E-state index >= 15 is 0 Å². The van der Waals surface area contributed by atoms with Crippen LogP contribution in [0.5, 0.6) is 23.0 Å². The molecule has 8 heteroatoms. The van der Waals surface area contributed by atoms with Gasteiger partial charge in [0.25, 0.3) is 0 Å². The third kappa shape index (κ3) is 6.08. The van der Waals surface area contributed by atoms with Gasteiger partial charge in [0, 0.05) is 44.2 Å². The molecule has 8 nitrogen and oxygen atoms in total. The lowest BCUT2D eigenvalue weighted by molar-refractivity contribution is -0.150. The van der Waals surface area contributed by atoms with Crippen LogP contribution in [0.15, 0.2) is 66.7 Å². The average molecular weight is 631 g/mol. The molecule has 3 aliphatic rings. The molecule has 1 saturated carbocycles. The number of piperazine rings is 1. The highest BCUT2D eigenvalue weighted by atomic mass is 16.5. The average Bonchev–Trinajstić information content (AvgIpc) is 3.49. The van der Waals surface area contributed by atoms with Crippen molar-refractivity contribution in [3.05, 3.63) is 83.4 Å². The zero-order valence-corrected chi connectivity index (χ0v) is 27.6. The Morgan fingerprint density at radius 1 is 0.826 bits per heavy atom. The predicted molar refractivity (Wildman–Crippen MR) is 179 cm³/mol. The maximum atomic E-state index is 12.7. The molecule has 0 unspecified atom stereocenters. The first-order chi connectivity index (χ1) is 22.4. The fourth-order valence-electron chi connectivity index (χ4n) is 7.79. The smallest absolute Gasteiger partial charge is 0.176 e. The number of aliphatic hydroxyl groups excluding tert-OH is 1. The molecular weight excluding hydrogens is 580 g/mol. The second kappa shape index (κ2) is 14.2. The first-order valence-corrected chi connectivity index (χ1v) is 17.0. The maximum absolute atomic E-state index is 12.7. The zero-order valence-electron chi connectivity index (χ0n) is 27.6. The van der Waals surface area contributed by atoms with Gasteiger partial charge in [0.2, 0.25) is 0 Å². The van der Waals surface area contributed by atoms with Crippen LogP contribution in [-0.4, -0.2) is 86.7 Å². The van der Waals surface area contributed by atoms with Crippen molar-refractivity contribution in [2.75, 3.05) is 60.6 Å². The number of aliphatic hydroxyl groups is 2. The van der Waals surface area contributed by atoms with E-state index in [1.54, 1.807) is 26.4 Å². The van der Waals surface area contributed by atoms with E-state index in [9.17, 15) is 10.2 Å². The van der Waals surface area contributed by atoms with Crippen LogP contribution in [-0.2, 0) is 11.2 Å². The van der Waals surface area contributed by atoms with Crippen LogP contribution in [0.1, 0.15) is 67.6 Å². The van der Waals surface area contributed by atoms with E-state index in [0.717, 1.165) is 29.7 Å². The number of methoxy groups -OCH3 is 2. The Morgan fingerprint density at radius 3 is 2.22 bits per heavy atom. The van der Waals surface area contributed by atoms with Crippen molar-refractivity contribution >= 4 is 0 Å². The quantitative estimate of drug-likeness (QED) is 0.220. The number of ether oxygens (including phenoxy) is 4. The molecule has 0 aromatic heterocycles. The van der Waals surface area contributed by atoms with Gasteiger partial charge in [0.15, 0.2) is 11.2 Å². The third-order valence-corrected chi connectivity index (χ3v) is 10.4. The second-order valence-corrected chi connectivity index (χ2v) is 13.2. The Hall–Kier alpha value is -3.30. The lowest BCUT2D eigenvalue weighted by Crippen LogP contribution is -2.52. The molecule has 0 radical (unpaired) electrons. The highest BCUT2D eigenvalue weighted by Crippen LogP contribution is 2.68. The van der Waals surface area contributed by atoms with Crippen molar-refractivity contribution < 1.29 is 29.2 Å². The minimum absolute atomic E-state index is 0.323. The summed E-state index contributed by atoms with van der Waals surface area (Å²) in [6.07, 6.45) is 6.52. The summed E-state index contributed by atoms with van der Waals surface area (Å²) < 4.78 is 24.2. The fraction of sp³-hybridized carbons (Fsp3) is 0.526. The van der Waals surface area contributed by atoms with E-state index < -0.39 is 17.3 Å². The number of likely N-dealkylation sites (N-methyl/N-ethyl adjacent to an activating group) is 1. The Balaban J connectivity index is 1.11. The number of hydrogen-bond donors (Lipinski definition) is 2. The lowest BCUT2D eigenvalue weighted by Gasteiger charge is -2.40. The van der Waals surface area contributed by atoms with Gasteiger partial charge in [-0.05, 0) is 56.1 Å². The molecule has 46 heavy (non-hydrogen) atoms. The highest BCUT2D eigenvalue weighted by molar-refractivity contribution is 5.62. The third-order valence-electron chi connectivity index (χ3n) is 10.4. The van der Waals surface area contributed by atoms with E-state index in [1.807, 2.05) is 54.6 Å². The summed E-state index contributed by atoms with van der Waals surface area (Å²) in [4.78, 5) is 5.01. The minimum Gasteiger partial charge on any atom is -0.496 e. The Kier molecular flexibility index (Phi) is 10.1. The molecule has 0 spiro atoms. The van der Waals surface area contributed by atoms with E-state index in [2.05, 4.69) is 16.8 Å². The topological polar surface area (TPSA) is 83.9 Å². The van der Waals surface area contributed by atoms with Crippen LogP contribution >= 0.6 is 0 Å². The van der Waals surface area contributed by atoms with Crippen molar-refractivity contribution in [3.63, 3.8) is 0 Å². The van der Waals surface area contributed by atoms with Crippen molar-refractivity contribution in [3.8, 4) is 23.0 Å². The van der Waals surface area contributed by atoms with E-state index in [-0.39, 0.29) is 5.92 Å². The summed E-state index contributed by atoms with van der Waals surface area (Å²) in [6, 6.07) is 21.3. The van der Waals surface area contributed by atoms with Crippen molar-refractivity contribution in [2.45, 2.75) is 68.2 Å². The van der Waals surface area contributed by atoms with Crippen LogP contribution in [0.4, 0.5) is 0 Å². The molecule has 0 bridgehead atoms. The first-order valence-electron chi connectivity index (χ1n) is 17.0. The Labute approximate surface area is 273 Å². The van der Waals surface area contributed by atoms with Gasteiger partial charge in [-0.1, -0.05) is 68.1 Å². The SMILES string of the molecule is COc1cc(OC)c2c(c1)O[C@@]1(c3ccc(OCCCCCCCCN4CCN(C)CC4)cc3)[C@H](c3ccccc3)C[C@@H](O)[C@@]21O. The summed E-state index contributed by atoms with van der Waals surface area (Å²) in [5.74, 6) is 1.86. The van der Waals surface area contributed by atoms with Crippen molar-refractivity contribution in [1.82, 2.24) is 9.80 Å². The molecule has 6 rings (SSSR count). The van der Waals surface area contributed by atoms with Gasteiger partial charge >= 0.3 is 0 Å². The zero-order chi connectivity index (χ0) is 32.1. The molecule has 0 amide bonds. The largest absolute Gasteiger partial charge is 0.496 e. The van der Waals surface area contributed by atoms with Crippen LogP contribution in [0, 0.1) is 0 Å². The summed E-state index contributed by atoms with van der Waals surface area (Å²) in [6.45, 7) is 6.69. The summed E-state index contributed by atoms with van der Waals surface area (Å²) in [7, 11) is 5.34. The first kappa shape index (κ1) is 32.6. The van der Waals surface area contributed by atoms with Gasteiger partial charge < -0.3 is 39.0 Å². The van der Waals surface area contributed by atoms with Gasteiger partial charge in [-0.3, -0.25) is 0 Å². The van der Waals surface area contributed by atoms with Crippen LogP contribution in [0.3, 0.4) is 0 Å². The normalized spacial score (nSPS) is 25.9. The van der Waals surface area contributed by atoms with Crippen LogP contribution in [0.2, 0.25) is 0 Å². The second-order valence-electron chi connectivity index (χ2n) is 13.2. The molecule has 2 aliphatic heterocycles. The standard InChI is InChI=1S/C38H50N2O6/c1-39-20-22-40(23-21-39)19-11-6-4-5-7-12-24-45-30-17-15-29(16-18-30)38-32(28-13-9-8-10-14-28)27-35(41)37(38,42)36-33(44-3)25-31(43-2)26-34(36)46-38/h8-10,13-18,25-26,32,35,41-42H,4-7,11-12,19-24,27H2,1-3H3/t32-,35+,37+,38-/m0/s1. The molecule has 2 fully saturated rings. The minimum atomic E-state index is -1.76. The molecule has 3 aromatic rings. The van der Waals surface area contributed by atoms with Gasteiger partial charge in [-0.2, -0.15) is 0 Å². The van der Waals surface area contributed by atoms with Crippen LogP contribution < -0.4 is 18.9 Å². The number of nitrogens with zero attached hydrogens (tertiary/aromatic N) is 2. The van der Waals surface area contributed by atoms with E-state index in [1.165, 1.54) is 58.4 Å². The summed E-state index contributed by atoms with van der Waals surface area (Å²) in [5, 5.41) is 24.3. The van der Waals surface area contributed by atoms with Gasteiger partial charge in [-0.15, -0.1) is 0 Å². The summed E-state index contributed by atoms with van der Waals surface area (Å²) in [5.41, 5.74) is -0.856. The maximum Gasteiger partial charge on any atom is 0.176 e. The molecule has 2 N–H and O–H groups in total. The van der Waals surface area contributed by atoms with E-state index in [4.69, 9.17) is 18.9 Å². The predicted octanol–water partition coefficient (Wildman–Crippen LogP) is 5.69. The molecule has 248 valence electrons. The summed E-state index contributed by atoms with van der Waals surface area (Å²) >= 11 is 0. The molecular formula is C38H50N2O6. The lowest BCUT2D eigenvalue weighted by atomic mass is 9.71. The molecule has 4 atom stereocenters. The fourth-order valence-corrected chi connectivity index (χ4v) is 7.79. The van der Waals surface area contributed by atoms with Crippen molar-refractivity contribution in [1.29, 1.82) is 0 Å². The van der Waals surface area contributed by atoms with Gasteiger partial charge in [0.1, 0.15) is 23.0 Å². The van der Waals surface area contributed by atoms with Gasteiger partial charge in [0.05, 0.1) is 32.5 Å². The molecule has 1 saturated heterocycles. The Morgan fingerprint density at radius 2 is 1.52 bits per heavy atom. The highest BCUT2D eigenvalue weighted by Gasteiger charge is 2.73. The monoisotopic (exact) mass is 630 g/mol. The van der Waals surface area contributed by atoms with E-state index in [0.29, 0.717) is 35.8 Å². The number of rotatable bonds is 14. The van der Waals surface area contributed by atoms with Crippen LogP contribution in [0.25, 0.3) is 0 Å². The molecule has 3 aromatic carbocycles. The molecule has 2 heterocycles. The number of unbranched alkanes of at least 4 members (excludes halogenated alkanes) is 5. The van der Waals surface area contributed by atoms with Crippen molar-refractivity contribution in [2.24, 2.45) is 0 Å². The number of benzene rings is 3. The number of fused-ring (bicyclic) bond motifs is 3. The Bertz CT molecular complexity index is 1430. The number of hydrogen-bond acceptors (Lipinski definition) is 8. The molecule has 1 aliphatic carbocycles.